The van der Waals surface area contributed by atoms with Crippen molar-refractivity contribution in [3.8, 4) is 5.75 Å². The van der Waals surface area contributed by atoms with Crippen LogP contribution in [0.25, 0.3) is 0 Å². The van der Waals surface area contributed by atoms with Gasteiger partial charge in [-0.15, -0.1) is 0 Å². The predicted octanol–water partition coefficient (Wildman–Crippen LogP) is 2.96. The minimum absolute atomic E-state index is 0.0267. The van der Waals surface area contributed by atoms with Crippen LogP contribution in [0.1, 0.15) is 23.7 Å². The molecule has 7 heteroatoms. The number of aryl methyl sites for hydroxylation is 1. The quantitative estimate of drug-likeness (QED) is 0.923. The first-order chi connectivity index (χ1) is 9.95. The highest BCUT2D eigenvalue weighted by Gasteiger charge is 2.34. The van der Waals surface area contributed by atoms with E-state index in [2.05, 4.69) is 4.98 Å². The topological polar surface area (TPSA) is 53.1 Å². The van der Waals surface area contributed by atoms with E-state index in [-0.39, 0.29) is 18.9 Å². The number of hydrogen-bond acceptors (Lipinski definition) is 3. The van der Waals surface area contributed by atoms with Gasteiger partial charge in [0.05, 0.1) is 23.8 Å². The van der Waals surface area contributed by atoms with E-state index >= 15 is 0 Å². The summed E-state index contributed by atoms with van der Waals surface area (Å²) >= 11 is 0. The van der Waals surface area contributed by atoms with Crippen LogP contribution in [-0.4, -0.2) is 9.55 Å². The summed E-state index contributed by atoms with van der Waals surface area (Å²) < 4.78 is 46.2. The monoisotopic (exact) mass is 299 g/mol. The first-order valence-corrected chi connectivity index (χ1v) is 6.47. The number of alkyl halides is 3. The predicted molar refractivity (Wildman–Crippen MR) is 71.6 cm³/mol. The molecule has 0 aliphatic rings. The molecular weight excluding hydrogens is 283 g/mol. The first kappa shape index (κ1) is 15.4. The third-order valence-electron chi connectivity index (χ3n) is 3.10. The normalized spacial score (nSPS) is 11.7. The van der Waals surface area contributed by atoms with Gasteiger partial charge < -0.3 is 15.0 Å². The van der Waals surface area contributed by atoms with Gasteiger partial charge in [0.1, 0.15) is 12.4 Å². The summed E-state index contributed by atoms with van der Waals surface area (Å²) in [6.07, 6.45) is -1.29. The van der Waals surface area contributed by atoms with Gasteiger partial charge in [-0.25, -0.2) is 4.98 Å². The number of benzene rings is 1. The molecule has 0 bridgehead atoms. The molecule has 114 valence electrons. The number of hydrogen-bond donors (Lipinski definition) is 1. The standard InChI is InChI=1S/C14H16F3N3O/c1-2-20-9-19-7-11(20)8-21-13-4-3-10(6-18)5-12(13)14(15,16)17/h3-5,7,9H,2,6,8,18H2,1H3. The van der Waals surface area contributed by atoms with Gasteiger partial charge in [-0.05, 0) is 24.6 Å². The molecule has 2 aromatic rings. The van der Waals surface area contributed by atoms with Crippen molar-refractivity contribution in [2.75, 3.05) is 0 Å². The highest BCUT2D eigenvalue weighted by atomic mass is 19.4. The number of nitrogens with zero attached hydrogens (tertiary/aromatic N) is 2. The number of aromatic nitrogens is 2. The molecule has 2 N–H and O–H groups in total. The maximum absolute atomic E-state index is 13.0. The highest BCUT2D eigenvalue weighted by molar-refractivity contribution is 5.39. The third-order valence-corrected chi connectivity index (χ3v) is 3.10. The van der Waals surface area contributed by atoms with E-state index in [0.29, 0.717) is 17.8 Å². The summed E-state index contributed by atoms with van der Waals surface area (Å²) in [5.41, 5.74) is 5.70. The Kier molecular flexibility index (Phi) is 4.52. The van der Waals surface area contributed by atoms with Gasteiger partial charge in [0, 0.05) is 13.1 Å². The van der Waals surface area contributed by atoms with Crippen molar-refractivity contribution in [1.29, 1.82) is 0 Å². The average molecular weight is 299 g/mol. The molecule has 0 saturated heterocycles. The van der Waals surface area contributed by atoms with Gasteiger partial charge >= 0.3 is 6.18 Å². The minimum Gasteiger partial charge on any atom is -0.487 e. The molecule has 0 spiro atoms. The lowest BCUT2D eigenvalue weighted by Gasteiger charge is -2.15. The summed E-state index contributed by atoms with van der Waals surface area (Å²) in [6, 6.07) is 3.85. The zero-order valence-corrected chi connectivity index (χ0v) is 11.5. The van der Waals surface area contributed by atoms with Gasteiger partial charge in [0.2, 0.25) is 0 Å². The third kappa shape index (κ3) is 3.55. The maximum atomic E-state index is 13.0. The van der Waals surface area contributed by atoms with Gasteiger partial charge in [-0.2, -0.15) is 13.2 Å². The Morgan fingerprint density at radius 2 is 2.10 bits per heavy atom. The molecule has 0 saturated carbocycles. The molecule has 4 nitrogen and oxygen atoms in total. The van der Waals surface area contributed by atoms with Crippen molar-refractivity contribution < 1.29 is 17.9 Å². The van der Waals surface area contributed by atoms with Crippen LogP contribution >= 0.6 is 0 Å². The minimum atomic E-state index is -4.48. The van der Waals surface area contributed by atoms with Crippen LogP contribution in [0.3, 0.4) is 0 Å². The molecule has 0 atom stereocenters. The van der Waals surface area contributed by atoms with Crippen LogP contribution in [-0.2, 0) is 25.9 Å². The second-order valence-electron chi connectivity index (χ2n) is 4.49. The number of imidazole rings is 1. The van der Waals surface area contributed by atoms with Crippen LogP contribution in [0.2, 0.25) is 0 Å². The van der Waals surface area contributed by atoms with E-state index in [1.54, 1.807) is 12.5 Å². The smallest absolute Gasteiger partial charge is 0.419 e. The zero-order chi connectivity index (χ0) is 15.5. The van der Waals surface area contributed by atoms with Crippen molar-refractivity contribution in [1.82, 2.24) is 9.55 Å². The van der Waals surface area contributed by atoms with E-state index < -0.39 is 11.7 Å². The lowest BCUT2D eigenvalue weighted by Crippen LogP contribution is -2.11. The van der Waals surface area contributed by atoms with E-state index in [1.807, 2.05) is 11.5 Å². The van der Waals surface area contributed by atoms with Crippen LogP contribution < -0.4 is 10.5 Å². The van der Waals surface area contributed by atoms with Gasteiger partial charge in [0.25, 0.3) is 0 Å². The molecule has 0 fully saturated rings. The second kappa shape index (κ2) is 6.17. The lowest BCUT2D eigenvalue weighted by molar-refractivity contribution is -0.139. The number of rotatable bonds is 5. The van der Waals surface area contributed by atoms with Gasteiger partial charge in [-0.3, -0.25) is 0 Å². The Balaban J connectivity index is 2.23. The van der Waals surface area contributed by atoms with Crippen LogP contribution in [0.15, 0.2) is 30.7 Å². The van der Waals surface area contributed by atoms with Gasteiger partial charge in [-0.1, -0.05) is 6.07 Å². The maximum Gasteiger partial charge on any atom is 0.419 e. The van der Waals surface area contributed by atoms with Crippen molar-refractivity contribution in [2.24, 2.45) is 5.73 Å². The fourth-order valence-corrected chi connectivity index (χ4v) is 1.96. The molecule has 1 aromatic heterocycles. The summed E-state index contributed by atoms with van der Waals surface area (Å²) in [5, 5.41) is 0. The summed E-state index contributed by atoms with van der Waals surface area (Å²) in [5.74, 6) is -0.205. The van der Waals surface area contributed by atoms with Crippen molar-refractivity contribution in [2.45, 2.75) is 32.8 Å². The Morgan fingerprint density at radius 3 is 2.71 bits per heavy atom. The van der Waals surface area contributed by atoms with Crippen LogP contribution in [0.4, 0.5) is 13.2 Å². The van der Waals surface area contributed by atoms with E-state index in [4.69, 9.17) is 10.5 Å². The number of nitrogens with two attached hydrogens (primary N) is 1. The molecule has 0 radical (unpaired) electrons. The molecule has 0 aliphatic carbocycles. The molecule has 21 heavy (non-hydrogen) atoms. The zero-order valence-electron chi connectivity index (χ0n) is 11.5. The van der Waals surface area contributed by atoms with Gasteiger partial charge in [0.15, 0.2) is 0 Å². The van der Waals surface area contributed by atoms with E-state index in [9.17, 15) is 13.2 Å². The van der Waals surface area contributed by atoms with Crippen LogP contribution in [0.5, 0.6) is 5.75 Å². The lowest BCUT2D eigenvalue weighted by atomic mass is 10.1. The summed E-state index contributed by atoms with van der Waals surface area (Å²) in [7, 11) is 0. The summed E-state index contributed by atoms with van der Waals surface area (Å²) in [4.78, 5) is 3.95. The van der Waals surface area contributed by atoms with E-state index in [0.717, 1.165) is 6.07 Å². The molecule has 1 heterocycles. The van der Waals surface area contributed by atoms with Crippen LogP contribution in [0, 0.1) is 0 Å². The molecule has 0 unspecified atom stereocenters. The highest BCUT2D eigenvalue weighted by Crippen LogP contribution is 2.37. The first-order valence-electron chi connectivity index (χ1n) is 6.47. The molecule has 1 aromatic carbocycles. The molecule has 0 aliphatic heterocycles. The largest absolute Gasteiger partial charge is 0.487 e. The Bertz CT molecular complexity index is 608. The molecule has 0 amide bonds. The second-order valence-corrected chi connectivity index (χ2v) is 4.49. The fraction of sp³-hybridized carbons (Fsp3) is 0.357. The Morgan fingerprint density at radius 1 is 1.33 bits per heavy atom. The Labute approximate surface area is 120 Å². The number of halogens is 3. The number of ether oxygens (including phenoxy) is 1. The molecular formula is C14H16F3N3O. The van der Waals surface area contributed by atoms with Crippen molar-refractivity contribution in [3.63, 3.8) is 0 Å². The fourth-order valence-electron chi connectivity index (χ4n) is 1.96. The van der Waals surface area contributed by atoms with Crippen molar-refractivity contribution >= 4 is 0 Å². The van der Waals surface area contributed by atoms with E-state index in [1.165, 1.54) is 12.1 Å². The Hall–Kier alpha value is -2.02. The van der Waals surface area contributed by atoms with Crippen molar-refractivity contribution in [3.05, 3.63) is 47.5 Å². The average Bonchev–Trinajstić information content (AvgIpc) is 2.91. The summed E-state index contributed by atoms with van der Waals surface area (Å²) in [6.45, 7) is 2.67. The molecule has 2 rings (SSSR count). The SMILES string of the molecule is CCn1cncc1COc1ccc(CN)cc1C(F)(F)F.